The van der Waals surface area contributed by atoms with Crippen molar-refractivity contribution in [3.8, 4) is 0 Å². The van der Waals surface area contributed by atoms with E-state index in [1.807, 2.05) is 0 Å². The van der Waals surface area contributed by atoms with Crippen molar-refractivity contribution < 1.29 is 28.5 Å². The van der Waals surface area contributed by atoms with Crippen LogP contribution in [-0.4, -0.2) is 32.2 Å². The summed E-state index contributed by atoms with van der Waals surface area (Å²) >= 11 is 0. The number of quaternary nitrogens is 1. The predicted octanol–water partition coefficient (Wildman–Crippen LogP) is 0.209. The van der Waals surface area contributed by atoms with E-state index in [-0.39, 0.29) is 24.0 Å². The van der Waals surface area contributed by atoms with Crippen LogP contribution in [0.1, 0.15) is 31.2 Å². The molecule has 1 aliphatic rings. The minimum Gasteiger partial charge on any atom is -1.00 e. The Morgan fingerprint density at radius 1 is 1.00 bits per heavy atom. The average Bonchev–Trinajstić information content (AvgIpc) is 2.66. The van der Waals surface area contributed by atoms with Crippen LogP contribution in [0.25, 0.3) is 0 Å². The van der Waals surface area contributed by atoms with E-state index in [1.165, 1.54) is 32.2 Å². The molecular formula is C15H24IN. The van der Waals surface area contributed by atoms with E-state index in [9.17, 15) is 0 Å². The van der Waals surface area contributed by atoms with Gasteiger partial charge in [-0.15, -0.1) is 0 Å². The maximum absolute atomic E-state index is 2.32. The fourth-order valence-electron chi connectivity index (χ4n) is 3.29. The molecule has 1 aromatic rings. The molecule has 0 atom stereocenters. The normalized spacial score (nSPS) is 18.8. The summed E-state index contributed by atoms with van der Waals surface area (Å²) in [6, 6.07) is 11.1. The molecule has 1 fully saturated rings. The standard InChI is InChI=1S/C15H24N.HI/c1-16(2,3)13-15(11-7-8-12-15)14-9-5-4-6-10-14;/h4-6,9-10H,7-8,11-13H2,1-3H3;1H/q+1;/p-1. The van der Waals surface area contributed by atoms with Crippen LogP contribution in [-0.2, 0) is 5.41 Å². The smallest absolute Gasteiger partial charge is 0.0878 e. The fraction of sp³-hybridized carbons (Fsp3) is 0.600. The third-order valence-corrected chi connectivity index (χ3v) is 3.72. The monoisotopic (exact) mass is 345 g/mol. The van der Waals surface area contributed by atoms with Gasteiger partial charge in [0.15, 0.2) is 0 Å². The Labute approximate surface area is 123 Å². The van der Waals surface area contributed by atoms with Gasteiger partial charge >= 0.3 is 0 Å². The summed E-state index contributed by atoms with van der Waals surface area (Å²) in [5.41, 5.74) is 2.00. The Balaban J connectivity index is 0.00000144. The molecule has 0 aromatic heterocycles. The van der Waals surface area contributed by atoms with Crippen LogP contribution in [0.2, 0.25) is 0 Å². The topological polar surface area (TPSA) is 0 Å². The summed E-state index contributed by atoms with van der Waals surface area (Å²) in [6.07, 6.45) is 5.53. The summed E-state index contributed by atoms with van der Waals surface area (Å²) < 4.78 is 1.06. The Kier molecular flexibility index (Phi) is 5.02. The molecule has 1 nitrogen and oxygen atoms in total. The number of hydrogen-bond donors (Lipinski definition) is 0. The number of halogens is 1. The van der Waals surface area contributed by atoms with Crippen LogP contribution in [0.4, 0.5) is 0 Å². The van der Waals surface area contributed by atoms with Gasteiger partial charge in [0, 0.05) is 5.41 Å². The van der Waals surface area contributed by atoms with Crippen LogP contribution in [0.15, 0.2) is 30.3 Å². The number of nitrogens with zero attached hydrogens (tertiary/aromatic N) is 1. The Morgan fingerprint density at radius 3 is 2.00 bits per heavy atom. The quantitative estimate of drug-likeness (QED) is 0.543. The number of benzene rings is 1. The number of rotatable bonds is 3. The van der Waals surface area contributed by atoms with Crippen LogP contribution < -0.4 is 24.0 Å². The van der Waals surface area contributed by atoms with Gasteiger partial charge in [0.1, 0.15) is 0 Å². The van der Waals surface area contributed by atoms with Gasteiger partial charge in [0.05, 0.1) is 27.7 Å². The Bertz CT molecular complexity index is 334. The third kappa shape index (κ3) is 3.68. The third-order valence-electron chi connectivity index (χ3n) is 3.72. The minimum absolute atomic E-state index is 0. The maximum atomic E-state index is 2.32. The van der Waals surface area contributed by atoms with Gasteiger partial charge < -0.3 is 28.5 Å². The van der Waals surface area contributed by atoms with Crippen molar-refractivity contribution in [3.05, 3.63) is 35.9 Å². The first-order chi connectivity index (χ1) is 7.52. The van der Waals surface area contributed by atoms with Crippen molar-refractivity contribution in [2.75, 3.05) is 27.7 Å². The summed E-state index contributed by atoms with van der Waals surface area (Å²) in [5.74, 6) is 0. The molecule has 1 aliphatic carbocycles. The lowest BCUT2D eigenvalue weighted by Crippen LogP contribution is -3.00. The number of hydrogen-bond acceptors (Lipinski definition) is 0. The molecule has 1 saturated carbocycles. The zero-order valence-corrected chi connectivity index (χ0v) is 13.4. The highest BCUT2D eigenvalue weighted by Gasteiger charge is 2.39. The first-order valence-electron chi connectivity index (χ1n) is 6.38. The first-order valence-corrected chi connectivity index (χ1v) is 6.38. The molecule has 0 radical (unpaired) electrons. The molecule has 0 aliphatic heterocycles. The van der Waals surface area contributed by atoms with E-state index in [0.717, 1.165) is 4.48 Å². The molecule has 0 spiro atoms. The van der Waals surface area contributed by atoms with Gasteiger partial charge in [-0.25, -0.2) is 0 Å². The van der Waals surface area contributed by atoms with Crippen molar-refractivity contribution >= 4 is 0 Å². The zero-order valence-electron chi connectivity index (χ0n) is 11.2. The van der Waals surface area contributed by atoms with Crippen molar-refractivity contribution in [3.63, 3.8) is 0 Å². The summed E-state index contributed by atoms with van der Waals surface area (Å²) in [4.78, 5) is 0. The van der Waals surface area contributed by atoms with Crippen molar-refractivity contribution in [2.24, 2.45) is 0 Å². The molecule has 0 heterocycles. The van der Waals surface area contributed by atoms with Crippen molar-refractivity contribution in [1.29, 1.82) is 0 Å². The molecule has 0 N–H and O–H groups in total. The largest absolute Gasteiger partial charge is 1.00 e. The highest BCUT2D eigenvalue weighted by atomic mass is 127. The van der Waals surface area contributed by atoms with Crippen LogP contribution in [0.3, 0.4) is 0 Å². The first kappa shape index (κ1) is 15.0. The zero-order chi connectivity index (χ0) is 11.6. The predicted molar refractivity (Wildman–Crippen MR) is 69.5 cm³/mol. The summed E-state index contributed by atoms with van der Waals surface area (Å²) in [7, 11) is 6.93. The summed E-state index contributed by atoms with van der Waals surface area (Å²) in [5, 5.41) is 0. The second kappa shape index (κ2) is 5.70. The van der Waals surface area contributed by atoms with E-state index in [4.69, 9.17) is 0 Å². The maximum Gasteiger partial charge on any atom is 0.0878 e. The van der Waals surface area contributed by atoms with Gasteiger partial charge in [-0.05, 0) is 18.4 Å². The lowest BCUT2D eigenvalue weighted by molar-refractivity contribution is -0.874. The van der Waals surface area contributed by atoms with Gasteiger partial charge in [-0.3, -0.25) is 0 Å². The highest BCUT2D eigenvalue weighted by Crippen LogP contribution is 2.42. The molecule has 2 heteroatoms. The van der Waals surface area contributed by atoms with Gasteiger partial charge in [0.2, 0.25) is 0 Å². The van der Waals surface area contributed by atoms with E-state index < -0.39 is 0 Å². The second-order valence-electron chi connectivity index (χ2n) is 6.30. The molecule has 96 valence electrons. The lowest BCUT2D eigenvalue weighted by Gasteiger charge is -2.37. The van der Waals surface area contributed by atoms with Crippen LogP contribution in [0, 0.1) is 0 Å². The SMILES string of the molecule is C[N+](C)(C)CC1(c2ccccc2)CCCC1.[I-]. The summed E-state index contributed by atoms with van der Waals surface area (Å²) in [6.45, 7) is 1.26. The molecule has 0 bridgehead atoms. The van der Waals surface area contributed by atoms with Crippen LogP contribution >= 0.6 is 0 Å². The Hall–Kier alpha value is -0.0900. The van der Waals surface area contributed by atoms with E-state index in [0.29, 0.717) is 5.41 Å². The van der Waals surface area contributed by atoms with E-state index >= 15 is 0 Å². The van der Waals surface area contributed by atoms with Gasteiger partial charge in [0.25, 0.3) is 0 Å². The molecule has 2 rings (SSSR count). The van der Waals surface area contributed by atoms with Crippen LogP contribution in [0.5, 0.6) is 0 Å². The Morgan fingerprint density at radius 2 is 1.53 bits per heavy atom. The molecular weight excluding hydrogens is 321 g/mol. The van der Waals surface area contributed by atoms with Gasteiger partial charge in [-0.2, -0.15) is 0 Å². The lowest BCUT2D eigenvalue weighted by atomic mass is 9.78. The molecule has 1 aromatic carbocycles. The minimum atomic E-state index is 0. The fourth-order valence-corrected chi connectivity index (χ4v) is 3.29. The molecule has 0 saturated heterocycles. The van der Waals surface area contributed by atoms with Gasteiger partial charge in [-0.1, -0.05) is 43.2 Å². The average molecular weight is 345 g/mol. The van der Waals surface area contributed by atoms with Crippen molar-refractivity contribution in [1.82, 2.24) is 0 Å². The molecule has 17 heavy (non-hydrogen) atoms. The van der Waals surface area contributed by atoms with Crippen molar-refractivity contribution in [2.45, 2.75) is 31.1 Å². The van der Waals surface area contributed by atoms with E-state index in [1.54, 1.807) is 5.56 Å². The van der Waals surface area contributed by atoms with E-state index in [2.05, 4.69) is 51.5 Å². The number of likely N-dealkylation sites (N-methyl/N-ethyl adjacent to an activating group) is 1. The molecule has 0 amide bonds. The second-order valence-corrected chi connectivity index (χ2v) is 6.30. The highest BCUT2D eigenvalue weighted by molar-refractivity contribution is 5.26. The molecule has 0 unspecified atom stereocenters.